The number of nitrogens with zero attached hydrogens (tertiary/aromatic N) is 5. The van der Waals surface area contributed by atoms with Crippen molar-refractivity contribution in [2.75, 3.05) is 0 Å². The van der Waals surface area contributed by atoms with E-state index in [1.807, 2.05) is 35.9 Å². The number of piperidine rings is 1. The summed E-state index contributed by atoms with van der Waals surface area (Å²) in [5.74, 6) is 0. The average molecular weight is 453 g/mol. The summed E-state index contributed by atoms with van der Waals surface area (Å²) in [5, 5.41) is 13.9. The molecule has 0 saturated carbocycles. The molecule has 9 heteroatoms. The van der Waals surface area contributed by atoms with Crippen LogP contribution in [0.5, 0.6) is 5.19 Å². The van der Waals surface area contributed by atoms with E-state index in [9.17, 15) is 5.26 Å². The van der Waals surface area contributed by atoms with E-state index < -0.39 is 0 Å². The lowest BCUT2D eigenvalue weighted by molar-refractivity contribution is 0.137. The van der Waals surface area contributed by atoms with Gasteiger partial charge in [0.1, 0.15) is 17.7 Å². The first-order valence-corrected chi connectivity index (χ1v) is 11.1. The SMILES string of the molecule is Cc1cn2cc(-c3cc4sc(OC5C[C@H]6CC[C@@H](C5)N6)nc4cn3)cc(C#N)c2n1.Cl. The second kappa shape index (κ2) is 7.75. The zero-order valence-corrected chi connectivity index (χ0v) is 18.5. The fraction of sp³-hybridized carbons (Fsp3) is 0.364. The summed E-state index contributed by atoms with van der Waals surface area (Å²) in [6, 6.07) is 7.30. The third kappa shape index (κ3) is 3.63. The van der Waals surface area contributed by atoms with Gasteiger partial charge in [0.05, 0.1) is 27.8 Å². The molecule has 2 aliphatic heterocycles. The Hall–Kier alpha value is -2.73. The van der Waals surface area contributed by atoms with E-state index in [0.717, 1.165) is 40.0 Å². The van der Waals surface area contributed by atoms with Crippen molar-refractivity contribution in [3.63, 3.8) is 0 Å². The van der Waals surface area contributed by atoms with Crippen molar-refractivity contribution in [2.45, 2.75) is 50.8 Å². The Kier molecular flexibility index (Phi) is 5.05. The zero-order valence-electron chi connectivity index (χ0n) is 16.9. The third-order valence-corrected chi connectivity index (χ3v) is 6.95. The highest BCUT2D eigenvalue weighted by molar-refractivity contribution is 7.20. The quantitative estimate of drug-likeness (QED) is 0.499. The molecule has 2 aliphatic rings. The number of nitriles is 1. The number of fused-ring (bicyclic) bond motifs is 4. The van der Waals surface area contributed by atoms with Crippen molar-refractivity contribution in [3.8, 4) is 22.5 Å². The average Bonchev–Trinajstić information content (AvgIpc) is 3.41. The fourth-order valence-electron chi connectivity index (χ4n) is 4.71. The van der Waals surface area contributed by atoms with Gasteiger partial charge in [0.15, 0.2) is 5.65 Å². The molecule has 0 aliphatic carbocycles. The second-order valence-electron chi connectivity index (χ2n) is 8.23. The zero-order chi connectivity index (χ0) is 20.2. The molecule has 4 aromatic heterocycles. The summed E-state index contributed by atoms with van der Waals surface area (Å²) in [7, 11) is 0. The van der Waals surface area contributed by atoms with Gasteiger partial charge in [-0.05, 0) is 44.7 Å². The van der Waals surface area contributed by atoms with E-state index >= 15 is 0 Å². The van der Waals surface area contributed by atoms with Crippen LogP contribution in [0.4, 0.5) is 0 Å². The van der Waals surface area contributed by atoms with E-state index in [0.29, 0.717) is 28.5 Å². The Morgan fingerprint density at radius 2 is 2.00 bits per heavy atom. The smallest absolute Gasteiger partial charge is 0.274 e. The van der Waals surface area contributed by atoms with Crippen LogP contribution in [0.15, 0.2) is 30.7 Å². The molecule has 1 unspecified atom stereocenters. The molecule has 2 fully saturated rings. The molecule has 6 rings (SSSR count). The topological polar surface area (TPSA) is 88.1 Å². The first-order chi connectivity index (χ1) is 14.6. The van der Waals surface area contributed by atoms with E-state index in [1.165, 1.54) is 12.8 Å². The van der Waals surface area contributed by atoms with Gasteiger partial charge in [-0.1, -0.05) is 11.3 Å². The summed E-state index contributed by atoms with van der Waals surface area (Å²) in [5.41, 5.74) is 4.62. The minimum atomic E-state index is 0. The van der Waals surface area contributed by atoms with Crippen LogP contribution in [-0.4, -0.2) is 37.5 Å². The highest BCUT2D eigenvalue weighted by Gasteiger charge is 2.34. The summed E-state index contributed by atoms with van der Waals surface area (Å²) in [6.07, 6.45) is 10.5. The molecule has 0 radical (unpaired) electrons. The molecule has 2 bridgehead atoms. The molecule has 0 amide bonds. The number of ether oxygens (including phenoxy) is 1. The van der Waals surface area contributed by atoms with Crippen LogP contribution in [0, 0.1) is 18.3 Å². The van der Waals surface area contributed by atoms with E-state index in [4.69, 9.17) is 4.74 Å². The van der Waals surface area contributed by atoms with E-state index in [2.05, 4.69) is 26.3 Å². The van der Waals surface area contributed by atoms with Crippen LogP contribution in [0.3, 0.4) is 0 Å². The van der Waals surface area contributed by atoms with Gasteiger partial charge in [0.25, 0.3) is 5.19 Å². The predicted molar refractivity (Wildman–Crippen MR) is 122 cm³/mol. The first-order valence-electron chi connectivity index (χ1n) is 10.2. The molecule has 3 atom stereocenters. The molecule has 4 aromatic rings. The van der Waals surface area contributed by atoms with Gasteiger partial charge in [0.2, 0.25) is 0 Å². The maximum Gasteiger partial charge on any atom is 0.274 e. The highest BCUT2D eigenvalue weighted by atomic mass is 35.5. The van der Waals surface area contributed by atoms with Crippen molar-refractivity contribution >= 4 is 39.6 Å². The Balaban J connectivity index is 0.00000204. The predicted octanol–water partition coefficient (Wildman–Crippen LogP) is 4.27. The van der Waals surface area contributed by atoms with Crippen LogP contribution in [0.25, 0.3) is 27.1 Å². The Bertz CT molecular complexity index is 1310. The van der Waals surface area contributed by atoms with Crippen molar-refractivity contribution in [1.82, 2.24) is 24.7 Å². The largest absolute Gasteiger partial charge is 0.467 e. The van der Waals surface area contributed by atoms with Crippen LogP contribution in [0.1, 0.15) is 36.9 Å². The lowest BCUT2D eigenvalue weighted by Crippen LogP contribution is -2.42. The van der Waals surface area contributed by atoms with Crippen molar-refractivity contribution < 1.29 is 4.74 Å². The molecular weight excluding hydrogens is 432 g/mol. The van der Waals surface area contributed by atoms with Crippen LogP contribution in [-0.2, 0) is 0 Å². The minimum Gasteiger partial charge on any atom is -0.467 e. The van der Waals surface area contributed by atoms with Crippen LogP contribution >= 0.6 is 23.7 Å². The Labute approximate surface area is 189 Å². The summed E-state index contributed by atoms with van der Waals surface area (Å²) < 4.78 is 9.17. The van der Waals surface area contributed by atoms with Gasteiger partial charge in [-0.25, -0.2) is 9.97 Å². The van der Waals surface area contributed by atoms with Gasteiger partial charge in [0, 0.05) is 30.0 Å². The third-order valence-electron chi connectivity index (χ3n) is 6.04. The summed E-state index contributed by atoms with van der Waals surface area (Å²) >= 11 is 1.56. The standard InChI is InChI=1S/C22H20N6OS.ClH/c1-12-10-28-11-14(4-13(8-23)21(28)25-12)18-7-20-19(9-24-18)27-22(30-20)29-17-5-15-2-3-16(6-17)26-15;/h4,7,9-11,15-17,26H,2-3,5-6H2,1H3;1H/t15-,16+,17?;. The summed E-state index contributed by atoms with van der Waals surface area (Å²) in [6.45, 7) is 1.92. The van der Waals surface area contributed by atoms with Gasteiger partial charge < -0.3 is 14.5 Å². The number of rotatable bonds is 3. The van der Waals surface area contributed by atoms with Crippen molar-refractivity contribution in [3.05, 3.63) is 42.0 Å². The van der Waals surface area contributed by atoms with Gasteiger partial charge in [-0.15, -0.1) is 12.4 Å². The Morgan fingerprint density at radius 1 is 1.19 bits per heavy atom. The van der Waals surface area contributed by atoms with Gasteiger partial charge >= 0.3 is 0 Å². The Morgan fingerprint density at radius 3 is 2.77 bits per heavy atom. The summed E-state index contributed by atoms with van der Waals surface area (Å²) in [4.78, 5) is 13.7. The molecule has 6 heterocycles. The first kappa shape index (κ1) is 20.2. The molecule has 7 nitrogen and oxygen atoms in total. The molecule has 0 spiro atoms. The number of imidazole rings is 1. The van der Waals surface area contributed by atoms with Gasteiger partial charge in [-0.2, -0.15) is 5.26 Å². The molecule has 31 heavy (non-hydrogen) atoms. The number of pyridine rings is 2. The number of thiazole rings is 1. The van der Waals surface area contributed by atoms with Crippen molar-refractivity contribution in [2.24, 2.45) is 0 Å². The number of nitrogens with one attached hydrogen (secondary N) is 1. The van der Waals surface area contributed by atoms with Crippen LogP contribution < -0.4 is 10.1 Å². The number of aryl methyl sites for hydroxylation is 1. The second-order valence-corrected chi connectivity index (χ2v) is 9.23. The fourth-order valence-corrected chi connectivity index (χ4v) is 5.60. The van der Waals surface area contributed by atoms with Gasteiger partial charge in [-0.3, -0.25) is 4.98 Å². The van der Waals surface area contributed by atoms with E-state index in [1.54, 1.807) is 17.5 Å². The lowest BCUT2D eigenvalue weighted by Gasteiger charge is -2.28. The number of aromatic nitrogens is 4. The number of hydrogen-bond acceptors (Lipinski definition) is 7. The lowest BCUT2D eigenvalue weighted by atomic mass is 10.0. The molecular formula is C22H21ClN6OS. The molecule has 0 aromatic carbocycles. The van der Waals surface area contributed by atoms with Crippen molar-refractivity contribution in [1.29, 1.82) is 5.26 Å². The molecule has 2 saturated heterocycles. The maximum atomic E-state index is 9.54. The molecule has 158 valence electrons. The minimum absolute atomic E-state index is 0. The maximum absolute atomic E-state index is 9.54. The monoisotopic (exact) mass is 452 g/mol. The number of hydrogen-bond donors (Lipinski definition) is 1. The number of halogens is 1. The normalized spacial score (nSPS) is 22.4. The van der Waals surface area contributed by atoms with E-state index in [-0.39, 0.29) is 18.5 Å². The highest BCUT2D eigenvalue weighted by Crippen LogP contribution is 2.34. The van der Waals surface area contributed by atoms with Crippen LogP contribution in [0.2, 0.25) is 0 Å². The molecule has 1 N–H and O–H groups in total.